The van der Waals surface area contributed by atoms with Crippen LogP contribution in [0.1, 0.15) is 43.0 Å². The lowest BCUT2D eigenvalue weighted by atomic mass is 10.1. The second-order valence-electron chi connectivity index (χ2n) is 4.10. The maximum Gasteiger partial charge on any atom is 0.337 e. The average molecular weight is 236 g/mol. The summed E-state index contributed by atoms with van der Waals surface area (Å²) in [6, 6.07) is 4.91. The van der Waals surface area contributed by atoms with Gasteiger partial charge in [0.15, 0.2) is 0 Å². The summed E-state index contributed by atoms with van der Waals surface area (Å²) < 4.78 is 0. The van der Waals surface area contributed by atoms with Crippen molar-refractivity contribution in [3.8, 4) is 0 Å². The summed E-state index contributed by atoms with van der Waals surface area (Å²) >= 11 is 0. The van der Waals surface area contributed by atoms with Crippen LogP contribution >= 0.6 is 0 Å². The van der Waals surface area contributed by atoms with Gasteiger partial charge in [-0.25, -0.2) is 4.79 Å². The van der Waals surface area contributed by atoms with Crippen LogP contribution in [0.15, 0.2) is 18.2 Å². The number of anilines is 2. The zero-order valence-electron chi connectivity index (χ0n) is 10.2. The summed E-state index contributed by atoms with van der Waals surface area (Å²) in [4.78, 5) is 11.0. The highest BCUT2D eigenvalue weighted by molar-refractivity contribution is 5.95. The van der Waals surface area contributed by atoms with E-state index in [1.165, 1.54) is 25.3 Å². The predicted molar refractivity (Wildman–Crippen MR) is 70.4 cm³/mol. The van der Waals surface area contributed by atoms with Crippen molar-refractivity contribution in [2.24, 2.45) is 0 Å². The fourth-order valence-corrected chi connectivity index (χ4v) is 1.67. The van der Waals surface area contributed by atoms with Gasteiger partial charge in [-0.3, -0.25) is 0 Å². The van der Waals surface area contributed by atoms with Crippen LogP contribution in [0.2, 0.25) is 0 Å². The van der Waals surface area contributed by atoms with Crippen LogP contribution in [0.4, 0.5) is 11.4 Å². The minimum Gasteiger partial charge on any atom is -0.478 e. The molecule has 4 N–H and O–H groups in total. The normalized spacial score (nSPS) is 10.2. The molecule has 0 spiro atoms. The zero-order chi connectivity index (χ0) is 12.7. The predicted octanol–water partition coefficient (Wildman–Crippen LogP) is 2.96. The Morgan fingerprint density at radius 1 is 1.35 bits per heavy atom. The van der Waals surface area contributed by atoms with E-state index in [9.17, 15) is 4.79 Å². The maximum absolute atomic E-state index is 11.0. The van der Waals surface area contributed by atoms with Gasteiger partial charge in [0.05, 0.1) is 5.56 Å². The number of nitrogens with two attached hydrogens (primary N) is 1. The van der Waals surface area contributed by atoms with E-state index in [1.807, 2.05) is 0 Å². The van der Waals surface area contributed by atoms with Crippen molar-refractivity contribution in [2.75, 3.05) is 17.6 Å². The molecule has 0 aromatic heterocycles. The second-order valence-corrected chi connectivity index (χ2v) is 4.10. The maximum atomic E-state index is 11.0. The van der Waals surface area contributed by atoms with E-state index in [4.69, 9.17) is 10.8 Å². The van der Waals surface area contributed by atoms with Crippen molar-refractivity contribution >= 4 is 17.3 Å². The van der Waals surface area contributed by atoms with Crippen molar-refractivity contribution in [1.82, 2.24) is 0 Å². The first-order valence-electron chi connectivity index (χ1n) is 6.02. The van der Waals surface area contributed by atoms with E-state index in [0.29, 0.717) is 11.4 Å². The molecule has 17 heavy (non-hydrogen) atoms. The molecule has 94 valence electrons. The minimum absolute atomic E-state index is 0.237. The van der Waals surface area contributed by atoms with E-state index in [-0.39, 0.29) is 5.56 Å². The summed E-state index contributed by atoms with van der Waals surface area (Å²) in [6.45, 7) is 2.96. The van der Waals surface area contributed by atoms with Gasteiger partial charge in [-0.2, -0.15) is 0 Å². The summed E-state index contributed by atoms with van der Waals surface area (Å²) in [5, 5.41) is 12.2. The number of hydrogen-bond donors (Lipinski definition) is 3. The Bertz CT molecular complexity index is 378. The third-order valence-corrected chi connectivity index (χ3v) is 2.62. The molecule has 0 unspecified atom stereocenters. The monoisotopic (exact) mass is 236 g/mol. The number of rotatable bonds is 7. The van der Waals surface area contributed by atoms with Crippen LogP contribution in [-0.4, -0.2) is 17.6 Å². The number of carboxylic acid groups (broad SMARTS) is 1. The standard InChI is InChI=1S/C13H20N2O2/c1-2-3-4-5-8-15-12-7-6-10(14)9-11(12)13(16)17/h6-7,9,15H,2-5,8,14H2,1H3,(H,16,17). The number of unbranched alkanes of at least 4 members (excludes halogenated alkanes) is 3. The Morgan fingerprint density at radius 2 is 2.12 bits per heavy atom. The first-order chi connectivity index (χ1) is 8.15. The van der Waals surface area contributed by atoms with Gasteiger partial charge in [-0.05, 0) is 24.6 Å². The molecule has 0 amide bonds. The average Bonchev–Trinajstić information content (AvgIpc) is 2.30. The fraction of sp³-hybridized carbons (Fsp3) is 0.462. The molecular weight excluding hydrogens is 216 g/mol. The molecule has 0 fully saturated rings. The van der Waals surface area contributed by atoms with Crippen LogP contribution in [0.3, 0.4) is 0 Å². The number of carbonyl (C=O) groups is 1. The van der Waals surface area contributed by atoms with Crippen LogP contribution in [0.5, 0.6) is 0 Å². The fourth-order valence-electron chi connectivity index (χ4n) is 1.67. The quantitative estimate of drug-likeness (QED) is 0.502. The second kappa shape index (κ2) is 6.78. The van der Waals surface area contributed by atoms with Crippen molar-refractivity contribution in [3.05, 3.63) is 23.8 Å². The molecule has 0 saturated carbocycles. The van der Waals surface area contributed by atoms with Gasteiger partial charge in [-0.15, -0.1) is 0 Å². The van der Waals surface area contributed by atoms with Crippen molar-refractivity contribution in [2.45, 2.75) is 32.6 Å². The number of nitrogens with one attached hydrogen (secondary N) is 1. The zero-order valence-corrected chi connectivity index (χ0v) is 10.2. The van der Waals surface area contributed by atoms with Crippen molar-refractivity contribution < 1.29 is 9.90 Å². The molecule has 4 nitrogen and oxygen atoms in total. The van der Waals surface area contributed by atoms with Gasteiger partial charge in [0.25, 0.3) is 0 Å². The van der Waals surface area contributed by atoms with Crippen LogP contribution in [0, 0.1) is 0 Å². The topological polar surface area (TPSA) is 75.3 Å². The van der Waals surface area contributed by atoms with E-state index in [1.54, 1.807) is 12.1 Å². The highest BCUT2D eigenvalue weighted by atomic mass is 16.4. The molecule has 0 saturated heterocycles. The summed E-state index contributed by atoms with van der Waals surface area (Å²) in [6.07, 6.45) is 4.63. The molecule has 0 atom stereocenters. The van der Waals surface area contributed by atoms with Gasteiger partial charge in [-0.1, -0.05) is 26.2 Å². The van der Waals surface area contributed by atoms with Gasteiger partial charge >= 0.3 is 5.97 Å². The van der Waals surface area contributed by atoms with Crippen LogP contribution in [0.25, 0.3) is 0 Å². The third kappa shape index (κ3) is 4.34. The Morgan fingerprint density at radius 3 is 2.76 bits per heavy atom. The largest absolute Gasteiger partial charge is 0.478 e. The lowest BCUT2D eigenvalue weighted by Gasteiger charge is -2.10. The van der Waals surface area contributed by atoms with Gasteiger partial charge in [0.1, 0.15) is 0 Å². The Hall–Kier alpha value is -1.71. The molecule has 0 heterocycles. The van der Waals surface area contributed by atoms with E-state index < -0.39 is 5.97 Å². The third-order valence-electron chi connectivity index (χ3n) is 2.62. The lowest BCUT2D eigenvalue weighted by molar-refractivity contribution is 0.0698. The summed E-state index contributed by atoms with van der Waals surface area (Å²) in [7, 11) is 0. The highest BCUT2D eigenvalue weighted by Crippen LogP contribution is 2.19. The Labute approximate surface area is 102 Å². The molecule has 1 rings (SSSR count). The van der Waals surface area contributed by atoms with Gasteiger partial charge < -0.3 is 16.2 Å². The molecule has 1 aromatic rings. The van der Waals surface area contributed by atoms with E-state index in [0.717, 1.165) is 13.0 Å². The first-order valence-corrected chi connectivity index (χ1v) is 6.02. The van der Waals surface area contributed by atoms with Crippen molar-refractivity contribution in [1.29, 1.82) is 0 Å². The Kier molecular flexibility index (Phi) is 5.33. The molecular formula is C13H20N2O2. The van der Waals surface area contributed by atoms with Gasteiger partial charge in [0.2, 0.25) is 0 Å². The molecule has 0 aliphatic rings. The van der Waals surface area contributed by atoms with Crippen molar-refractivity contribution in [3.63, 3.8) is 0 Å². The van der Waals surface area contributed by atoms with Crippen LogP contribution < -0.4 is 11.1 Å². The minimum atomic E-state index is -0.951. The van der Waals surface area contributed by atoms with E-state index >= 15 is 0 Å². The van der Waals surface area contributed by atoms with Crippen LogP contribution in [-0.2, 0) is 0 Å². The number of carboxylic acids is 1. The molecule has 1 aromatic carbocycles. The molecule has 4 heteroatoms. The number of nitrogen functional groups attached to an aromatic ring is 1. The number of hydrogen-bond acceptors (Lipinski definition) is 3. The SMILES string of the molecule is CCCCCCNc1ccc(N)cc1C(=O)O. The summed E-state index contributed by atoms with van der Waals surface area (Å²) in [5.41, 5.74) is 6.92. The first kappa shape index (κ1) is 13.4. The number of aromatic carboxylic acids is 1. The molecule has 0 aliphatic carbocycles. The molecule has 0 bridgehead atoms. The molecule has 0 radical (unpaired) electrons. The lowest BCUT2D eigenvalue weighted by Crippen LogP contribution is -2.08. The smallest absolute Gasteiger partial charge is 0.337 e. The highest BCUT2D eigenvalue weighted by Gasteiger charge is 2.09. The summed E-state index contributed by atoms with van der Waals surface area (Å²) in [5.74, 6) is -0.951. The number of benzene rings is 1. The Balaban J connectivity index is 2.55. The van der Waals surface area contributed by atoms with Gasteiger partial charge in [0, 0.05) is 17.9 Å². The molecule has 0 aliphatic heterocycles. The van der Waals surface area contributed by atoms with E-state index in [2.05, 4.69) is 12.2 Å².